The van der Waals surface area contributed by atoms with Gasteiger partial charge in [-0.1, -0.05) is 18.2 Å². The Morgan fingerprint density at radius 2 is 2.04 bits per heavy atom. The summed E-state index contributed by atoms with van der Waals surface area (Å²) in [5, 5.41) is 4.54. The molecule has 0 spiro atoms. The first kappa shape index (κ1) is 18.2. The quantitative estimate of drug-likeness (QED) is 0.346. The van der Waals surface area contributed by atoms with Gasteiger partial charge < -0.3 is 4.74 Å². The van der Waals surface area contributed by atoms with Crippen LogP contribution in [0.3, 0.4) is 0 Å². The number of nitrogens with zero attached hydrogens (tertiary/aromatic N) is 3. The molecule has 0 aliphatic rings. The number of hydrogen-bond donors (Lipinski definition) is 0. The zero-order chi connectivity index (χ0) is 19.7. The summed E-state index contributed by atoms with van der Waals surface area (Å²) < 4.78 is 20.9. The summed E-state index contributed by atoms with van der Waals surface area (Å²) in [7, 11) is 0. The lowest BCUT2D eigenvalue weighted by atomic mass is 10.0. The predicted octanol–water partition coefficient (Wildman–Crippen LogP) is 5.17. The topological polar surface area (TPSA) is 56.5 Å². The molecule has 0 radical (unpaired) electrons. The molecule has 7 heteroatoms. The highest BCUT2D eigenvalue weighted by atomic mass is 32.2. The van der Waals surface area contributed by atoms with Crippen LogP contribution in [0.2, 0.25) is 0 Å². The van der Waals surface area contributed by atoms with Crippen molar-refractivity contribution in [1.82, 2.24) is 14.6 Å². The highest BCUT2D eigenvalue weighted by Gasteiger charge is 2.14. The van der Waals surface area contributed by atoms with Crippen molar-refractivity contribution in [2.45, 2.75) is 11.8 Å². The number of ether oxygens (including phenoxy) is 1. The maximum absolute atomic E-state index is 13.5. The molecular weight excluding hydrogens is 377 g/mol. The van der Waals surface area contributed by atoms with Gasteiger partial charge in [-0.05, 0) is 36.9 Å². The second-order valence-electron chi connectivity index (χ2n) is 6.18. The number of halogens is 1. The van der Waals surface area contributed by atoms with E-state index in [-0.39, 0.29) is 5.82 Å². The van der Waals surface area contributed by atoms with E-state index in [1.54, 1.807) is 35.0 Å². The van der Waals surface area contributed by atoms with Crippen LogP contribution >= 0.6 is 11.8 Å². The van der Waals surface area contributed by atoms with E-state index in [0.29, 0.717) is 22.8 Å². The third kappa shape index (κ3) is 3.36. The van der Waals surface area contributed by atoms with Crippen LogP contribution in [-0.2, 0) is 0 Å². The van der Waals surface area contributed by atoms with Gasteiger partial charge >= 0.3 is 0 Å². The Hall–Kier alpha value is -3.19. The lowest BCUT2D eigenvalue weighted by Gasteiger charge is -2.09. The molecule has 0 saturated heterocycles. The number of aryl methyl sites for hydroxylation is 1. The van der Waals surface area contributed by atoms with E-state index in [2.05, 4.69) is 10.1 Å². The maximum atomic E-state index is 13.5. The second kappa shape index (κ2) is 7.44. The molecule has 0 aliphatic heterocycles. The minimum absolute atomic E-state index is 0.336. The Labute approximate surface area is 165 Å². The van der Waals surface area contributed by atoms with Crippen molar-refractivity contribution >= 4 is 23.7 Å². The molecule has 2 heterocycles. The average molecular weight is 393 g/mol. The largest absolute Gasteiger partial charge is 0.437 e. The predicted molar refractivity (Wildman–Crippen MR) is 107 cm³/mol. The van der Waals surface area contributed by atoms with E-state index >= 15 is 0 Å². The van der Waals surface area contributed by atoms with E-state index in [9.17, 15) is 9.18 Å². The molecule has 0 amide bonds. The standard InChI is InChI=1S/C21H16FN3O2S/c1-13-8-14(6-7-15(13)12-26)18-11-23-21-19(28-2)10-20(24-25(18)21)27-17-5-3-4-16(22)9-17/h3-12H,1-2H3. The van der Waals surface area contributed by atoms with Gasteiger partial charge in [0.2, 0.25) is 5.88 Å². The third-order valence-corrected chi connectivity index (χ3v) is 5.08. The molecule has 0 unspecified atom stereocenters. The first-order chi connectivity index (χ1) is 13.6. The lowest BCUT2D eigenvalue weighted by Crippen LogP contribution is -2.00. The number of carbonyl (C=O) groups excluding carboxylic acids is 1. The Kier molecular flexibility index (Phi) is 4.83. The van der Waals surface area contributed by atoms with Crippen LogP contribution < -0.4 is 4.74 Å². The first-order valence-corrected chi connectivity index (χ1v) is 9.74. The van der Waals surface area contributed by atoms with Crippen LogP contribution in [0.1, 0.15) is 15.9 Å². The van der Waals surface area contributed by atoms with Crippen LogP contribution in [0.25, 0.3) is 16.9 Å². The number of thioether (sulfide) groups is 1. The molecule has 0 N–H and O–H groups in total. The summed E-state index contributed by atoms with van der Waals surface area (Å²) >= 11 is 1.52. The van der Waals surface area contributed by atoms with Gasteiger partial charge in [0.15, 0.2) is 5.65 Å². The third-order valence-electron chi connectivity index (χ3n) is 4.34. The molecule has 4 aromatic rings. The minimum Gasteiger partial charge on any atom is -0.437 e. The van der Waals surface area contributed by atoms with E-state index in [1.165, 1.54) is 23.9 Å². The molecule has 0 atom stereocenters. The molecule has 5 nitrogen and oxygen atoms in total. The average Bonchev–Trinajstić information content (AvgIpc) is 3.11. The molecule has 2 aromatic heterocycles. The van der Waals surface area contributed by atoms with Gasteiger partial charge in [0, 0.05) is 23.3 Å². The van der Waals surface area contributed by atoms with Crippen molar-refractivity contribution in [3.05, 3.63) is 71.7 Å². The zero-order valence-corrected chi connectivity index (χ0v) is 16.0. The van der Waals surface area contributed by atoms with E-state index in [4.69, 9.17) is 4.74 Å². The van der Waals surface area contributed by atoms with Crippen LogP contribution in [-0.4, -0.2) is 27.1 Å². The SMILES string of the molecule is CSc1cc(Oc2cccc(F)c2)nn2c(-c3ccc(C=O)c(C)c3)cnc12. The van der Waals surface area contributed by atoms with E-state index in [1.807, 2.05) is 25.3 Å². The number of aldehydes is 1. The van der Waals surface area contributed by atoms with E-state index in [0.717, 1.165) is 28.0 Å². The highest BCUT2D eigenvalue weighted by molar-refractivity contribution is 7.98. The number of hydrogen-bond acceptors (Lipinski definition) is 5. The monoisotopic (exact) mass is 393 g/mol. The number of imidazole rings is 1. The van der Waals surface area contributed by atoms with Crippen LogP contribution in [0, 0.1) is 12.7 Å². The summed E-state index contributed by atoms with van der Waals surface area (Å²) in [5.41, 5.74) is 3.88. The lowest BCUT2D eigenvalue weighted by molar-refractivity contribution is 0.112. The summed E-state index contributed by atoms with van der Waals surface area (Å²) in [4.78, 5) is 16.5. The Balaban J connectivity index is 1.83. The second-order valence-corrected chi connectivity index (χ2v) is 7.03. The molecular formula is C21H16FN3O2S. The number of aromatic nitrogens is 3. The molecule has 28 heavy (non-hydrogen) atoms. The summed E-state index contributed by atoms with van der Waals surface area (Å²) in [6, 6.07) is 13.3. The molecule has 0 fully saturated rings. The van der Waals surface area contributed by atoms with Gasteiger partial charge in [0.05, 0.1) is 16.8 Å². The number of carbonyl (C=O) groups is 1. The smallest absolute Gasteiger partial charge is 0.238 e. The van der Waals surface area contributed by atoms with Crippen LogP contribution in [0.15, 0.2) is 59.6 Å². The van der Waals surface area contributed by atoms with Gasteiger partial charge in [-0.25, -0.2) is 13.9 Å². The molecule has 4 rings (SSSR count). The van der Waals surface area contributed by atoms with E-state index < -0.39 is 0 Å². The Morgan fingerprint density at radius 3 is 2.75 bits per heavy atom. The fraction of sp³-hybridized carbons (Fsp3) is 0.0952. The zero-order valence-electron chi connectivity index (χ0n) is 15.2. The van der Waals surface area contributed by atoms with Crippen molar-refractivity contribution in [3.8, 4) is 22.9 Å². The fourth-order valence-corrected chi connectivity index (χ4v) is 3.47. The minimum atomic E-state index is -0.377. The Morgan fingerprint density at radius 1 is 1.18 bits per heavy atom. The molecule has 0 saturated carbocycles. The number of benzene rings is 2. The Bertz CT molecular complexity index is 1190. The van der Waals surface area contributed by atoms with Crippen molar-refractivity contribution in [2.75, 3.05) is 6.26 Å². The maximum Gasteiger partial charge on any atom is 0.238 e. The number of fused-ring (bicyclic) bond motifs is 1. The van der Waals surface area contributed by atoms with Gasteiger partial charge in [-0.3, -0.25) is 4.79 Å². The summed E-state index contributed by atoms with van der Waals surface area (Å²) in [6.07, 6.45) is 4.52. The molecule has 140 valence electrons. The van der Waals surface area contributed by atoms with Crippen molar-refractivity contribution in [2.24, 2.45) is 0 Å². The summed E-state index contributed by atoms with van der Waals surface area (Å²) in [6.45, 7) is 1.88. The molecule has 0 bridgehead atoms. The highest BCUT2D eigenvalue weighted by Crippen LogP contribution is 2.30. The first-order valence-electron chi connectivity index (χ1n) is 8.51. The van der Waals surface area contributed by atoms with Crippen LogP contribution in [0.5, 0.6) is 11.6 Å². The molecule has 0 aliphatic carbocycles. The molecule has 2 aromatic carbocycles. The van der Waals surface area contributed by atoms with Gasteiger partial charge in [-0.15, -0.1) is 16.9 Å². The van der Waals surface area contributed by atoms with Crippen molar-refractivity contribution < 1.29 is 13.9 Å². The van der Waals surface area contributed by atoms with Gasteiger partial charge in [-0.2, -0.15) is 0 Å². The van der Waals surface area contributed by atoms with Crippen molar-refractivity contribution in [1.29, 1.82) is 0 Å². The number of rotatable bonds is 5. The van der Waals surface area contributed by atoms with Crippen LogP contribution in [0.4, 0.5) is 4.39 Å². The van der Waals surface area contributed by atoms with Gasteiger partial charge in [0.1, 0.15) is 17.9 Å². The van der Waals surface area contributed by atoms with Crippen molar-refractivity contribution in [3.63, 3.8) is 0 Å². The summed E-state index contributed by atoms with van der Waals surface area (Å²) in [5.74, 6) is 0.326. The fourth-order valence-electron chi connectivity index (χ4n) is 2.93. The van der Waals surface area contributed by atoms with Gasteiger partial charge in [0.25, 0.3) is 0 Å². The normalized spacial score (nSPS) is 11.0.